The fourth-order valence-corrected chi connectivity index (χ4v) is 2.19. The van der Waals surface area contributed by atoms with Crippen molar-refractivity contribution in [2.75, 3.05) is 7.11 Å². The highest BCUT2D eigenvalue weighted by molar-refractivity contribution is 6.25. The van der Waals surface area contributed by atoms with Gasteiger partial charge in [-0.1, -0.05) is 0 Å². The molecule has 0 aromatic carbocycles. The van der Waals surface area contributed by atoms with Gasteiger partial charge in [0.25, 0.3) is 5.91 Å². The van der Waals surface area contributed by atoms with Crippen LogP contribution in [-0.4, -0.2) is 52.9 Å². The number of ether oxygens (including phenoxy) is 2. The maximum atomic E-state index is 13.3. The number of nitrogens with zero attached hydrogens (tertiary/aromatic N) is 3. The van der Waals surface area contributed by atoms with Crippen LogP contribution in [0.3, 0.4) is 0 Å². The summed E-state index contributed by atoms with van der Waals surface area (Å²) in [7, 11) is 1.25. The zero-order valence-corrected chi connectivity index (χ0v) is 15.2. The summed E-state index contributed by atoms with van der Waals surface area (Å²) in [6.45, 7) is 3.27. The minimum atomic E-state index is -1.21. The number of carbonyl (C=O) groups excluding carboxylic acids is 3. The second-order valence-corrected chi connectivity index (χ2v) is 5.85. The molecule has 10 heteroatoms. The second-order valence-electron chi connectivity index (χ2n) is 5.85. The molecule has 0 saturated heterocycles. The number of esters is 1. The lowest BCUT2D eigenvalue weighted by Crippen LogP contribution is -2.45. The summed E-state index contributed by atoms with van der Waals surface area (Å²) in [5.41, 5.74) is 8.52. The third-order valence-corrected chi connectivity index (χ3v) is 3.34. The molecule has 1 aromatic rings. The van der Waals surface area contributed by atoms with Crippen LogP contribution in [0.1, 0.15) is 38.4 Å². The summed E-state index contributed by atoms with van der Waals surface area (Å²) in [5, 5.41) is 2.44. The standard InChI is InChI=1S/C17H21FN4O5/c1-10(2)27-17(25)14(5-4-13(23)9-21-19)22-16(24)15(26-3)11-6-12(18)8-20-7-11/h6-10,14-15H,4-5H2,1-3H3,(H,22,24)/t14-,15-/m0/s1. The van der Waals surface area contributed by atoms with Gasteiger partial charge in [0.1, 0.15) is 11.9 Å². The zero-order valence-electron chi connectivity index (χ0n) is 15.2. The molecular weight excluding hydrogens is 359 g/mol. The van der Waals surface area contributed by atoms with Gasteiger partial charge >= 0.3 is 12.2 Å². The molecule has 1 aromatic heterocycles. The monoisotopic (exact) mass is 380 g/mol. The van der Waals surface area contributed by atoms with Gasteiger partial charge in [0.2, 0.25) is 5.78 Å². The van der Waals surface area contributed by atoms with E-state index in [1.807, 2.05) is 0 Å². The Labute approximate surface area is 155 Å². The number of Topliss-reactive ketones (excluding diaryl/α,β-unsaturated/α-hetero) is 1. The number of ketones is 1. The second kappa shape index (κ2) is 10.9. The molecule has 0 aliphatic rings. The molecule has 0 aliphatic heterocycles. The van der Waals surface area contributed by atoms with Gasteiger partial charge in [0.05, 0.1) is 12.3 Å². The fourth-order valence-electron chi connectivity index (χ4n) is 2.19. The van der Waals surface area contributed by atoms with Gasteiger partial charge in [0.15, 0.2) is 6.10 Å². The molecule has 0 saturated carbocycles. The van der Waals surface area contributed by atoms with Crippen LogP contribution >= 0.6 is 0 Å². The number of halogens is 1. The molecule has 2 atom stereocenters. The van der Waals surface area contributed by atoms with Crippen LogP contribution in [-0.2, 0) is 23.9 Å². The normalized spacial score (nSPS) is 12.6. The van der Waals surface area contributed by atoms with Crippen molar-refractivity contribution in [3.63, 3.8) is 0 Å². The van der Waals surface area contributed by atoms with Gasteiger partial charge in [0, 0.05) is 25.3 Å². The Hall–Kier alpha value is -2.97. The van der Waals surface area contributed by atoms with E-state index in [0.717, 1.165) is 12.3 Å². The minimum Gasteiger partial charge on any atom is -0.461 e. The third kappa shape index (κ3) is 7.43. The van der Waals surface area contributed by atoms with Crippen LogP contribution in [0.2, 0.25) is 0 Å². The first-order valence-electron chi connectivity index (χ1n) is 8.12. The van der Waals surface area contributed by atoms with Crippen molar-refractivity contribution in [1.29, 1.82) is 0 Å². The number of amides is 1. The highest BCUT2D eigenvalue weighted by Crippen LogP contribution is 2.17. The molecule has 9 nitrogen and oxygen atoms in total. The molecule has 0 spiro atoms. The molecule has 1 rings (SSSR count). The number of methoxy groups -OCH3 is 1. The number of pyridine rings is 1. The van der Waals surface area contributed by atoms with Gasteiger partial charge in [-0.2, -0.15) is 4.79 Å². The summed E-state index contributed by atoms with van der Waals surface area (Å²) in [6.07, 6.45) is 1.05. The molecule has 0 fully saturated rings. The van der Waals surface area contributed by atoms with E-state index in [1.54, 1.807) is 13.8 Å². The van der Waals surface area contributed by atoms with E-state index in [0.29, 0.717) is 6.21 Å². The summed E-state index contributed by atoms with van der Waals surface area (Å²) in [5.74, 6) is -2.64. The van der Waals surface area contributed by atoms with Crippen molar-refractivity contribution >= 4 is 23.9 Å². The largest absolute Gasteiger partial charge is 0.461 e. The van der Waals surface area contributed by atoms with Crippen molar-refractivity contribution in [3.8, 4) is 0 Å². The molecule has 1 amide bonds. The molecule has 0 bridgehead atoms. The van der Waals surface area contributed by atoms with Crippen LogP contribution in [0.25, 0.3) is 5.53 Å². The Kier molecular flexibility index (Phi) is 8.91. The van der Waals surface area contributed by atoms with Gasteiger partial charge in [-0.05, 0) is 26.3 Å². The smallest absolute Gasteiger partial charge is 0.328 e. The fraction of sp³-hybridized carbons (Fsp3) is 0.471. The number of hydrogen-bond acceptors (Lipinski definition) is 6. The topological polar surface area (TPSA) is 131 Å². The van der Waals surface area contributed by atoms with Gasteiger partial charge < -0.3 is 20.3 Å². The highest BCUT2D eigenvalue weighted by atomic mass is 19.1. The number of carbonyl (C=O) groups is 3. The van der Waals surface area contributed by atoms with E-state index in [1.165, 1.54) is 13.3 Å². The van der Waals surface area contributed by atoms with E-state index in [-0.39, 0.29) is 18.4 Å². The van der Waals surface area contributed by atoms with E-state index in [4.69, 9.17) is 15.0 Å². The maximum Gasteiger partial charge on any atom is 0.328 e. The van der Waals surface area contributed by atoms with Crippen molar-refractivity contribution in [3.05, 3.63) is 35.4 Å². The average molecular weight is 380 g/mol. The van der Waals surface area contributed by atoms with Crippen molar-refractivity contribution < 1.29 is 33.0 Å². The molecule has 1 N–H and O–H groups in total. The SMILES string of the molecule is CO[C@H](C(=O)N[C@@H](CCC(=O)C=[N+]=[N-])C(=O)OC(C)C)c1cncc(F)c1. The molecule has 146 valence electrons. The Morgan fingerprint density at radius 2 is 2.07 bits per heavy atom. The van der Waals surface area contributed by atoms with E-state index in [2.05, 4.69) is 15.1 Å². The lowest BCUT2D eigenvalue weighted by atomic mass is 10.1. The highest BCUT2D eigenvalue weighted by Gasteiger charge is 2.29. The van der Waals surface area contributed by atoms with Gasteiger partial charge in [-0.25, -0.2) is 9.18 Å². The molecule has 0 aliphatic carbocycles. The lowest BCUT2D eigenvalue weighted by molar-refractivity contribution is -0.152. The first kappa shape index (κ1) is 22.1. The zero-order chi connectivity index (χ0) is 20.4. The molecule has 1 heterocycles. The molecule has 0 unspecified atom stereocenters. The Balaban J connectivity index is 2.93. The predicted molar refractivity (Wildman–Crippen MR) is 91.0 cm³/mol. The first-order valence-corrected chi connectivity index (χ1v) is 8.12. The summed E-state index contributed by atoms with van der Waals surface area (Å²) in [6, 6.07) is -0.0567. The van der Waals surface area contributed by atoms with Crippen molar-refractivity contribution in [2.24, 2.45) is 0 Å². The Bertz CT molecular complexity index is 734. The maximum absolute atomic E-state index is 13.3. The number of hydrogen-bond donors (Lipinski definition) is 1. The van der Waals surface area contributed by atoms with E-state index < -0.39 is 41.7 Å². The number of aromatic nitrogens is 1. The summed E-state index contributed by atoms with van der Waals surface area (Å²) >= 11 is 0. The molecule has 0 radical (unpaired) electrons. The third-order valence-electron chi connectivity index (χ3n) is 3.34. The van der Waals surface area contributed by atoms with Gasteiger partial charge in [-0.15, -0.1) is 0 Å². The van der Waals surface area contributed by atoms with Crippen LogP contribution in [0.15, 0.2) is 18.5 Å². The summed E-state index contributed by atoms with van der Waals surface area (Å²) < 4.78 is 23.5. The Morgan fingerprint density at radius 3 is 2.63 bits per heavy atom. The van der Waals surface area contributed by atoms with Crippen LogP contribution in [0, 0.1) is 5.82 Å². The lowest BCUT2D eigenvalue weighted by Gasteiger charge is -2.21. The van der Waals surface area contributed by atoms with Crippen molar-refractivity contribution in [2.45, 2.75) is 44.9 Å². The van der Waals surface area contributed by atoms with E-state index in [9.17, 15) is 18.8 Å². The summed E-state index contributed by atoms with van der Waals surface area (Å²) in [4.78, 5) is 42.5. The van der Waals surface area contributed by atoms with Crippen LogP contribution < -0.4 is 5.32 Å². The molecular formula is C17H21FN4O5. The minimum absolute atomic E-state index is 0.0834. The molecule has 27 heavy (non-hydrogen) atoms. The van der Waals surface area contributed by atoms with Gasteiger partial charge in [-0.3, -0.25) is 14.6 Å². The number of rotatable bonds is 10. The average Bonchev–Trinajstić information content (AvgIpc) is 2.58. The first-order chi connectivity index (χ1) is 12.8. The van der Waals surface area contributed by atoms with E-state index >= 15 is 0 Å². The number of nitrogens with one attached hydrogen (secondary N) is 1. The quantitative estimate of drug-likeness (QED) is 0.279. The Morgan fingerprint density at radius 1 is 1.37 bits per heavy atom. The van der Waals surface area contributed by atoms with Crippen LogP contribution in [0.5, 0.6) is 0 Å². The van der Waals surface area contributed by atoms with Crippen LogP contribution in [0.4, 0.5) is 4.39 Å². The predicted octanol–water partition coefficient (Wildman–Crippen LogP) is 0.994. The van der Waals surface area contributed by atoms with Crippen molar-refractivity contribution in [1.82, 2.24) is 10.3 Å².